The van der Waals surface area contributed by atoms with Crippen molar-refractivity contribution in [2.75, 3.05) is 0 Å². The Hall–Kier alpha value is -0.760. The van der Waals surface area contributed by atoms with E-state index in [0.29, 0.717) is 0 Å². The average Bonchev–Trinajstić information content (AvgIpc) is 1.98. The Kier molecular flexibility index (Phi) is 2.71. The molecule has 0 aliphatic carbocycles. The second-order valence-corrected chi connectivity index (χ2v) is 3.13. The molecular weight excluding hydrogens is 204 g/mol. The van der Waals surface area contributed by atoms with E-state index < -0.39 is 0 Å². The van der Waals surface area contributed by atoms with Crippen LogP contribution in [0.4, 0.5) is 0 Å². The van der Waals surface area contributed by atoms with Crippen LogP contribution in [0.25, 0.3) is 0 Å². The fraction of sp³-hybridized carbons (Fsp3) is 0.111. The number of hydrogen-bond acceptors (Lipinski definition) is 1. The summed E-state index contributed by atoms with van der Waals surface area (Å²) in [5.41, 5.74) is 1.07. The van der Waals surface area contributed by atoms with Crippen molar-refractivity contribution in [3.05, 3.63) is 40.9 Å². The maximum absolute atomic E-state index is 9.25. The number of aromatic hydroxyl groups is 1. The van der Waals surface area contributed by atoms with Crippen molar-refractivity contribution in [1.29, 1.82) is 0 Å². The first-order chi connectivity index (χ1) is 5.24. The predicted molar refractivity (Wildman–Crippen MR) is 49.7 cm³/mol. The summed E-state index contributed by atoms with van der Waals surface area (Å²) in [5, 5.41) is 9.25. The van der Waals surface area contributed by atoms with Gasteiger partial charge >= 0.3 is 0 Å². The Morgan fingerprint density at radius 1 is 1.55 bits per heavy atom. The molecule has 2 heteroatoms. The first-order valence-corrected chi connectivity index (χ1v) is 4.11. The van der Waals surface area contributed by atoms with Crippen LogP contribution < -0.4 is 0 Å². The van der Waals surface area contributed by atoms with Gasteiger partial charge in [0.05, 0.1) is 4.47 Å². The molecular formula is C9H9BrO. The summed E-state index contributed by atoms with van der Waals surface area (Å²) >= 11 is 3.20. The summed E-state index contributed by atoms with van der Waals surface area (Å²) in [6, 6.07) is 5.51. The molecule has 0 fully saturated rings. The third kappa shape index (κ3) is 2.09. The van der Waals surface area contributed by atoms with Gasteiger partial charge in [-0.1, -0.05) is 12.1 Å². The predicted octanol–water partition coefficient (Wildman–Crippen LogP) is 2.88. The molecule has 0 aliphatic heterocycles. The zero-order valence-corrected chi connectivity index (χ0v) is 7.63. The smallest absolute Gasteiger partial charge is 0.130 e. The molecule has 0 radical (unpaired) electrons. The Balaban J connectivity index is 2.95. The minimum absolute atomic E-state index is 0.282. The lowest BCUT2D eigenvalue weighted by Gasteiger charge is -1.99. The SMILES string of the molecule is C=CCc1ccc(Br)c(O)c1. The lowest BCUT2D eigenvalue weighted by atomic mass is 10.1. The number of benzene rings is 1. The highest BCUT2D eigenvalue weighted by atomic mass is 79.9. The molecule has 0 aromatic heterocycles. The fourth-order valence-corrected chi connectivity index (χ4v) is 1.10. The van der Waals surface area contributed by atoms with Gasteiger partial charge in [-0.15, -0.1) is 6.58 Å². The second kappa shape index (κ2) is 3.58. The summed E-state index contributed by atoms with van der Waals surface area (Å²) in [6.45, 7) is 3.61. The average molecular weight is 213 g/mol. The number of rotatable bonds is 2. The third-order valence-corrected chi connectivity index (χ3v) is 2.06. The van der Waals surface area contributed by atoms with E-state index in [1.165, 1.54) is 0 Å². The van der Waals surface area contributed by atoms with Crippen molar-refractivity contribution in [2.24, 2.45) is 0 Å². The van der Waals surface area contributed by atoms with Crippen molar-refractivity contribution in [2.45, 2.75) is 6.42 Å². The number of hydrogen-bond donors (Lipinski definition) is 1. The van der Waals surface area contributed by atoms with E-state index >= 15 is 0 Å². The summed E-state index contributed by atoms with van der Waals surface area (Å²) in [7, 11) is 0. The fourth-order valence-electron chi connectivity index (χ4n) is 0.852. The number of halogens is 1. The first-order valence-electron chi connectivity index (χ1n) is 3.32. The topological polar surface area (TPSA) is 20.2 Å². The number of phenolic OH excluding ortho intramolecular Hbond substituents is 1. The quantitative estimate of drug-likeness (QED) is 0.749. The summed E-state index contributed by atoms with van der Waals surface area (Å²) in [6.07, 6.45) is 2.60. The van der Waals surface area contributed by atoms with E-state index in [-0.39, 0.29) is 5.75 Å². The molecule has 1 nitrogen and oxygen atoms in total. The van der Waals surface area contributed by atoms with E-state index in [1.54, 1.807) is 6.07 Å². The standard InChI is InChI=1S/C9H9BrO/c1-2-3-7-4-5-8(10)9(11)6-7/h2,4-6,11H,1,3H2. The van der Waals surface area contributed by atoms with Crippen molar-refractivity contribution >= 4 is 15.9 Å². The second-order valence-electron chi connectivity index (χ2n) is 2.28. The van der Waals surface area contributed by atoms with Crippen LogP contribution >= 0.6 is 15.9 Å². The van der Waals surface area contributed by atoms with Crippen LogP contribution in [-0.4, -0.2) is 5.11 Å². The summed E-state index contributed by atoms with van der Waals surface area (Å²) < 4.78 is 0.727. The van der Waals surface area contributed by atoms with E-state index in [4.69, 9.17) is 0 Å². The zero-order chi connectivity index (χ0) is 8.27. The van der Waals surface area contributed by atoms with Crippen LogP contribution in [-0.2, 0) is 6.42 Å². The molecule has 0 bridgehead atoms. The van der Waals surface area contributed by atoms with Gasteiger partial charge in [-0.2, -0.15) is 0 Å². The molecule has 0 unspecified atom stereocenters. The minimum atomic E-state index is 0.282. The van der Waals surface area contributed by atoms with E-state index in [1.807, 2.05) is 18.2 Å². The Bertz CT molecular complexity index is 268. The van der Waals surface area contributed by atoms with Gasteiger partial charge in [-0.25, -0.2) is 0 Å². The van der Waals surface area contributed by atoms with Gasteiger partial charge in [0.15, 0.2) is 0 Å². The highest BCUT2D eigenvalue weighted by Gasteiger charge is 1.96. The van der Waals surface area contributed by atoms with Gasteiger partial charge in [0.25, 0.3) is 0 Å². The van der Waals surface area contributed by atoms with Crippen LogP contribution in [0.1, 0.15) is 5.56 Å². The Morgan fingerprint density at radius 3 is 2.82 bits per heavy atom. The summed E-state index contributed by atoms with van der Waals surface area (Å²) in [5.74, 6) is 0.282. The van der Waals surface area contributed by atoms with Gasteiger partial charge in [0.1, 0.15) is 5.75 Å². The normalized spacial score (nSPS) is 9.55. The van der Waals surface area contributed by atoms with Crippen LogP contribution in [0.3, 0.4) is 0 Å². The minimum Gasteiger partial charge on any atom is -0.507 e. The van der Waals surface area contributed by atoms with Gasteiger partial charge in [-0.05, 0) is 40.0 Å². The number of phenols is 1. The van der Waals surface area contributed by atoms with Crippen molar-refractivity contribution < 1.29 is 5.11 Å². The monoisotopic (exact) mass is 212 g/mol. The van der Waals surface area contributed by atoms with Crippen LogP contribution in [0.5, 0.6) is 5.75 Å². The van der Waals surface area contributed by atoms with Crippen molar-refractivity contribution in [3.8, 4) is 5.75 Å². The molecule has 1 aromatic rings. The van der Waals surface area contributed by atoms with Crippen molar-refractivity contribution in [1.82, 2.24) is 0 Å². The third-order valence-electron chi connectivity index (χ3n) is 1.39. The molecule has 1 N–H and O–H groups in total. The van der Waals surface area contributed by atoms with Gasteiger partial charge < -0.3 is 5.11 Å². The molecule has 1 rings (SSSR count). The van der Waals surface area contributed by atoms with E-state index in [0.717, 1.165) is 16.5 Å². The molecule has 0 amide bonds. The van der Waals surface area contributed by atoms with Crippen LogP contribution in [0.15, 0.2) is 35.3 Å². The first kappa shape index (κ1) is 8.34. The van der Waals surface area contributed by atoms with Crippen LogP contribution in [0.2, 0.25) is 0 Å². The van der Waals surface area contributed by atoms with Gasteiger partial charge in [0, 0.05) is 0 Å². The molecule has 0 heterocycles. The van der Waals surface area contributed by atoms with E-state index in [2.05, 4.69) is 22.5 Å². The molecule has 58 valence electrons. The van der Waals surface area contributed by atoms with Gasteiger partial charge in [0.2, 0.25) is 0 Å². The Labute approximate surface area is 74.5 Å². The molecule has 0 saturated heterocycles. The molecule has 0 atom stereocenters. The maximum Gasteiger partial charge on any atom is 0.130 e. The largest absolute Gasteiger partial charge is 0.507 e. The van der Waals surface area contributed by atoms with Crippen LogP contribution in [0, 0.1) is 0 Å². The highest BCUT2D eigenvalue weighted by molar-refractivity contribution is 9.10. The molecule has 0 aliphatic rings. The molecule has 1 aromatic carbocycles. The Morgan fingerprint density at radius 2 is 2.27 bits per heavy atom. The lowest BCUT2D eigenvalue weighted by molar-refractivity contribution is 0.471. The summed E-state index contributed by atoms with van der Waals surface area (Å²) in [4.78, 5) is 0. The highest BCUT2D eigenvalue weighted by Crippen LogP contribution is 2.24. The molecule has 0 saturated carbocycles. The lowest BCUT2D eigenvalue weighted by Crippen LogP contribution is -1.79. The zero-order valence-electron chi connectivity index (χ0n) is 6.05. The van der Waals surface area contributed by atoms with Gasteiger partial charge in [-0.3, -0.25) is 0 Å². The maximum atomic E-state index is 9.25. The van der Waals surface area contributed by atoms with E-state index in [9.17, 15) is 5.11 Å². The number of allylic oxidation sites excluding steroid dienone is 1. The van der Waals surface area contributed by atoms with Crippen molar-refractivity contribution in [3.63, 3.8) is 0 Å². The molecule has 0 spiro atoms. The molecule has 11 heavy (non-hydrogen) atoms.